The Bertz CT molecular complexity index is 1090. The molecule has 6 nitrogen and oxygen atoms in total. The maximum Gasteiger partial charge on any atom is 0.340 e. The molecule has 0 saturated carbocycles. The molecule has 0 radical (unpaired) electrons. The first-order chi connectivity index (χ1) is 13.4. The number of nitrogens with zero attached hydrogens (tertiary/aromatic N) is 2. The van der Waals surface area contributed by atoms with E-state index in [1.54, 1.807) is 31.2 Å². The van der Waals surface area contributed by atoms with Gasteiger partial charge in [-0.25, -0.2) is 21.9 Å². The average Bonchev–Trinajstić information content (AvgIpc) is 2.69. The van der Waals surface area contributed by atoms with Crippen molar-refractivity contribution >= 4 is 21.7 Å². The number of halogens is 1. The zero-order valence-corrected chi connectivity index (χ0v) is 15.8. The molecule has 0 saturated heterocycles. The van der Waals surface area contributed by atoms with E-state index in [4.69, 9.17) is 4.74 Å². The number of ether oxygens (including phenoxy) is 1. The quantitative estimate of drug-likeness (QED) is 0.467. The van der Waals surface area contributed by atoms with Gasteiger partial charge >= 0.3 is 5.97 Å². The maximum atomic E-state index is 13.7. The third kappa shape index (κ3) is 4.17. The largest absolute Gasteiger partial charge is 0.440 e. The molecule has 0 aliphatic heterocycles. The molecule has 3 rings (SSSR count). The SMILES string of the molecule is Cc1ccccc1C(=O)OCN(c1cccc(F)c1)S(=O)(=O)c1cccnc1. The van der Waals surface area contributed by atoms with Crippen LogP contribution in [0.3, 0.4) is 0 Å². The number of aryl methyl sites for hydroxylation is 1. The Hall–Kier alpha value is -3.26. The van der Waals surface area contributed by atoms with Gasteiger partial charge in [0, 0.05) is 12.4 Å². The van der Waals surface area contributed by atoms with E-state index < -0.39 is 28.5 Å². The average molecular weight is 400 g/mol. The van der Waals surface area contributed by atoms with Crippen molar-refractivity contribution in [2.75, 3.05) is 11.0 Å². The van der Waals surface area contributed by atoms with E-state index in [1.165, 1.54) is 42.7 Å². The zero-order chi connectivity index (χ0) is 20.1. The number of carbonyl (C=O) groups excluding carboxylic acids is 1. The van der Waals surface area contributed by atoms with Crippen LogP contribution in [0.2, 0.25) is 0 Å². The van der Waals surface area contributed by atoms with E-state index in [2.05, 4.69) is 4.98 Å². The number of esters is 1. The van der Waals surface area contributed by atoms with Gasteiger partial charge in [-0.15, -0.1) is 0 Å². The Morgan fingerprint density at radius 2 is 1.89 bits per heavy atom. The molecule has 1 aromatic heterocycles. The summed E-state index contributed by atoms with van der Waals surface area (Å²) in [6, 6.07) is 14.6. The van der Waals surface area contributed by atoms with Crippen molar-refractivity contribution < 1.29 is 22.3 Å². The van der Waals surface area contributed by atoms with Crippen molar-refractivity contribution in [1.29, 1.82) is 0 Å². The van der Waals surface area contributed by atoms with Gasteiger partial charge in [-0.3, -0.25) is 4.98 Å². The summed E-state index contributed by atoms with van der Waals surface area (Å²) < 4.78 is 45.8. The Labute approximate surface area is 162 Å². The zero-order valence-electron chi connectivity index (χ0n) is 14.9. The predicted molar refractivity (Wildman–Crippen MR) is 102 cm³/mol. The summed E-state index contributed by atoms with van der Waals surface area (Å²) in [6.07, 6.45) is 2.61. The molecule has 0 atom stereocenters. The summed E-state index contributed by atoms with van der Waals surface area (Å²) in [5.41, 5.74) is 1.04. The van der Waals surface area contributed by atoms with Crippen molar-refractivity contribution in [3.63, 3.8) is 0 Å². The molecule has 0 aliphatic carbocycles. The molecule has 0 unspecified atom stereocenters. The number of hydrogen-bond acceptors (Lipinski definition) is 5. The molecule has 0 spiro atoms. The summed E-state index contributed by atoms with van der Waals surface area (Å²) in [5, 5.41) is 0. The molecule has 0 aliphatic rings. The number of sulfonamides is 1. The molecule has 8 heteroatoms. The van der Waals surface area contributed by atoms with Gasteiger partial charge in [0.15, 0.2) is 6.73 Å². The van der Waals surface area contributed by atoms with Crippen LogP contribution in [0.25, 0.3) is 0 Å². The van der Waals surface area contributed by atoms with Gasteiger partial charge in [0.2, 0.25) is 0 Å². The normalized spacial score (nSPS) is 11.1. The first-order valence-corrected chi connectivity index (χ1v) is 9.74. The Morgan fingerprint density at radius 1 is 1.11 bits per heavy atom. The van der Waals surface area contributed by atoms with Crippen LogP contribution in [0.15, 0.2) is 78.0 Å². The van der Waals surface area contributed by atoms with Gasteiger partial charge in [0.25, 0.3) is 10.0 Å². The van der Waals surface area contributed by atoms with Crippen LogP contribution in [0.1, 0.15) is 15.9 Å². The highest BCUT2D eigenvalue weighted by molar-refractivity contribution is 7.92. The molecule has 3 aromatic rings. The second-order valence-electron chi connectivity index (χ2n) is 5.90. The monoisotopic (exact) mass is 400 g/mol. The second-order valence-corrected chi connectivity index (χ2v) is 7.76. The minimum Gasteiger partial charge on any atom is -0.440 e. The molecule has 28 heavy (non-hydrogen) atoms. The van der Waals surface area contributed by atoms with Gasteiger partial charge in [-0.2, -0.15) is 0 Å². The van der Waals surface area contributed by atoms with E-state index >= 15 is 0 Å². The van der Waals surface area contributed by atoms with Crippen LogP contribution in [0, 0.1) is 12.7 Å². The maximum absolute atomic E-state index is 13.7. The molecular weight excluding hydrogens is 383 g/mol. The van der Waals surface area contributed by atoms with Crippen LogP contribution >= 0.6 is 0 Å². The van der Waals surface area contributed by atoms with Crippen LogP contribution in [-0.2, 0) is 14.8 Å². The van der Waals surface area contributed by atoms with Gasteiger partial charge in [-0.1, -0.05) is 24.3 Å². The molecule has 0 bridgehead atoms. The van der Waals surface area contributed by atoms with Crippen LogP contribution in [-0.4, -0.2) is 26.1 Å². The molecule has 144 valence electrons. The predicted octanol–water partition coefficient (Wildman–Crippen LogP) is 3.54. The highest BCUT2D eigenvalue weighted by atomic mass is 32.2. The van der Waals surface area contributed by atoms with E-state index in [0.717, 1.165) is 10.4 Å². The molecule has 2 aromatic carbocycles. The molecular formula is C20H17FN2O4S. The Kier molecular flexibility index (Phi) is 5.70. The van der Waals surface area contributed by atoms with Gasteiger partial charge in [0.1, 0.15) is 10.7 Å². The summed E-state index contributed by atoms with van der Waals surface area (Å²) in [5.74, 6) is -1.30. The highest BCUT2D eigenvalue weighted by Gasteiger charge is 2.27. The number of hydrogen-bond donors (Lipinski definition) is 0. The summed E-state index contributed by atoms with van der Waals surface area (Å²) in [4.78, 5) is 16.1. The molecule has 0 fully saturated rings. The van der Waals surface area contributed by atoms with Gasteiger partial charge in [-0.05, 0) is 48.9 Å². The number of aromatic nitrogens is 1. The lowest BCUT2D eigenvalue weighted by atomic mass is 10.1. The number of pyridine rings is 1. The summed E-state index contributed by atoms with van der Waals surface area (Å²) in [6.45, 7) is 1.13. The van der Waals surface area contributed by atoms with Crippen LogP contribution in [0.4, 0.5) is 10.1 Å². The Balaban J connectivity index is 1.94. The van der Waals surface area contributed by atoms with Gasteiger partial charge < -0.3 is 4.74 Å². The Morgan fingerprint density at radius 3 is 2.57 bits per heavy atom. The van der Waals surface area contributed by atoms with Crippen molar-refractivity contribution in [3.8, 4) is 0 Å². The summed E-state index contributed by atoms with van der Waals surface area (Å²) in [7, 11) is -4.13. The smallest absolute Gasteiger partial charge is 0.340 e. The minimum atomic E-state index is -4.13. The minimum absolute atomic E-state index is 0.0291. The molecule has 1 heterocycles. The fraction of sp³-hybridized carbons (Fsp3) is 0.100. The van der Waals surface area contributed by atoms with E-state index in [1.807, 2.05) is 0 Å². The van der Waals surface area contributed by atoms with Gasteiger partial charge in [0.05, 0.1) is 11.3 Å². The van der Waals surface area contributed by atoms with E-state index in [9.17, 15) is 17.6 Å². The van der Waals surface area contributed by atoms with Crippen LogP contribution < -0.4 is 4.31 Å². The topological polar surface area (TPSA) is 76.6 Å². The third-order valence-corrected chi connectivity index (χ3v) is 5.73. The number of benzene rings is 2. The number of carbonyl (C=O) groups is 1. The van der Waals surface area contributed by atoms with Crippen molar-refractivity contribution in [2.24, 2.45) is 0 Å². The molecule has 0 amide bonds. The number of rotatable bonds is 6. The standard InChI is InChI=1S/C20H17FN2O4S/c1-15-6-2-3-10-19(15)20(24)27-14-23(17-8-4-7-16(21)12-17)28(25,26)18-9-5-11-22-13-18/h2-13H,14H2,1H3. The highest BCUT2D eigenvalue weighted by Crippen LogP contribution is 2.24. The third-order valence-electron chi connectivity index (χ3n) is 4.00. The first-order valence-electron chi connectivity index (χ1n) is 8.30. The van der Waals surface area contributed by atoms with E-state index in [0.29, 0.717) is 11.1 Å². The fourth-order valence-electron chi connectivity index (χ4n) is 2.54. The van der Waals surface area contributed by atoms with Crippen molar-refractivity contribution in [3.05, 3.63) is 90.0 Å². The lowest BCUT2D eigenvalue weighted by Gasteiger charge is -2.24. The van der Waals surface area contributed by atoms with E-state index in [-0.39, 0.29) is 10.6 Å². The van der Waals surface area contributed by atoms with Crippen molar-refractivity contribution in [2.45, 2.75) is 11.8 Å². The molecule has 0 N–H and O–H groups in total. The summed E-state index contributed by atoms with van der Waals surface area (Å²) >= 11 is 0. The van der Waals surface area contributed by atoms with Crippen LogP contribution in [0.5, 0.6) is 0 Å². The second kappa shape index (κ2) is 8.18. The lowest BCUT2D eigenvalue weighted by Crippen LogP contribution is -2.34. The lowest BCUT2D eigenvalue weighted by molar-refractivity contribution is 0.0519. The fourth-order valence-corrected chi connectivity index (χ4v) is 3.82. The number of anilines is 1. The van der Waals surface area contributed by atoms with Crippen molar-refractivity contribution in [1.82, 2.24) is 4.98 Å². The first kappa shape index (κ1) is 19.5.